The minimum Gasteiger partial charge on any atom is -0.494 e. The fourth-order valence-electron chi connectivity index (χ4n) is 3.00. The third kappa shape index (κ3) is 5.41. The molecule has 3 aromatic rings. The Morgan fingerprint density at radius 2 is 1.70 bits per heavy atom. The van der Waals surface area contributed by atoms with Crippen LogP contribution < -0.4 is 4.74 Å². The fraction of sp³-hybridized carbons (Fsp3) is 0.381. The third-order valence-electron chi connectivity index (χ3n) is 4.50. The van der Waals surface area contributed by atoms with E-state index < -0.39 is 0 Å². The Bertz CT molecular complexity index is 831. The maximum absolute atomic E-state index is 5.54. The van der Waals surface area contributed by atoms with Crippen LogP contribution in [0.2, 0.25) is 0 Å². The molecule has 0 bridgehead atoms. The smallest absolute Gasteiger partial charge is 0.173 e. The average Bonchev–Trinajstić information content (AvgIpc) is 3.02. The molecule has 3 rings (SSSR count). The zero-order chi connectivity index (χ0) is 18.4. The Morgan fingerprint density at radius 3 is 2.37 bits per heavy atom. The summed E-state index contributed by atoms with van der Waals surface area (Å²) in [6.45, 7) is 11.2. The molecule has 0 saturated heterocycles. The van der Waals surface area contributed by atoms with Crippen LogP contribution in [0.3, 0.4) is 0 Å². The number of hydrogen-bond acceptors (Lipinski definition) is 4. The van der Waals surface area contributed by atoms with Gasteiger partial charge in [0.2, 0.25) is 0 Å². The Kier molecular flexibility index (Phi) is 8.48. The van der Waals surface area contributed by atoms with Crippen molar-refractivity contribution in [1.82, 2.24) is 14.5 Å². The van der Waals surface area contributed by atoms with Gasteiger partial charge in [-0.3, -0.25) is 0 Å². The largest absolute Gasteiger partial charge is 0.494 e. The van der Waals surface area contributed by atoms with E-state index in [1.165, 1.54) is 10.4 Å². The van der Waals surface area contributed by atoms with Gasteiger partial charge < -0.3 is 14.2 Å². The number of para-hydroxylation sites is 2. The summed E-state index contributed by atoms with van der Waals surface area (Å²) in [5, 5.41) is 1.04. The summed E-state index contributed by atoms with van der Waals surface area (Å²) in [6, 6.07) is 16.6. The van der Waals surface area contributed by atoms with Gasteiger partial charge in [-0.1, -0.05) is 37.7 Å². The van der Waals surface area contributed by atoms with Gasteiger partial charge in [0, 0.05) is 18.0 Å². The van der Waals surface area contributed by atoms with E-state index >= 15 is 0 Å². The molecule has 0 amide bonds. The maximum Gasteiger partial charge on any atom is 0.173 e. The monoisotopic (exact) mass is 405 g/mol. The van der Waals surface area contributed by atoms with E-state index in [0.717, 1.165) is 42.6 Å². The number of imidazole rings is 1. The van der Waals surface area contributed by atoms with Crippen LogP contribution in [0.1, 0.15) is 20.8 Å². The van der Waals surface area contributed by atoms with Crippen LogP contribution in [0.4, 0.5) is 0 Å². The molecule has 0 unspecified atom stereocenters. The highest BCUT2D eigenvalue weighted by atomic mass is 35.5. The number of fused-ring (bicyclic) bond motifs is 1. The topological polar surface area (TPSA) is 30.3 Å². The number of aromatic nitrogens is 2. The van der Waals surface area contributed by atoms with Gasteiger partial charge in [-0.2, -0.15) is 0 Å². The normalized spacial score (nSPS) is 11.0. The summed E-state index contributed by atoms with van der Waals surface area (Å²) in [4.78, 5) is 8.49. The molecule has 146 valence electrons. The molecule has 27 heavy (non-hydrogen) atoms. The van der Waals surface area contributed by atoms with Crippen LogP contribution in [-0.2, 0) is 6.54 Å². The van der Waals surface area contributed by atoms with Crippen molar-refractivity contribution in [3.8, 4) is 5.75 Å². The highest BCUT2D eigenvalue weighted by molar-refractivity contribution is 7.99. The zero-order valence-electron chi connectivity index (χ0n) is 16.2. The molecule has 0 aliphatic heterocycles. The molecule has 4 nitrogen and oxygen atoms in total. The number of ether oxygens (including phenoxy) is 1. The van der Waals surface area contributed by atoms with Gasteiger partial charge in [-0.25, -0.2) is 4.98 Å². The van der Waals surface area contributed by atoms with Crippen LogP contribution in [0, 0.1) is 0 Å². The van der Waals surface area contributed by atoms with Gasteiger partial charge in [0.05, 0.1) is 17.6 Å². The van der Waals surface area contributed by atoms with Crippen molar-refractivity contribution < 1.29 is 4.74 Å². The lowest BCUT2D eigenvalue weighted by Gasteiger charge is -2.19. The molecule has 0 atom stereocenters. The Labute approximate surface area is 172 Å². The highest BCUT2D eigenvalue weighted by Gasteiger charge is 2.13. The molecule has 0 saturated carbocycles. The number of benzene rings is 2. The van der Waals surface area contributed by atoms with E-state index in [9.17, 15) is 0 Å². The summed E-state index contributed by atoms with van der Waals surface area (Å²) in [6.07, 6.45) is 0. The number of halogens is 1. The lowest BCUT2D eigenvalue weighted by Crippen LogP contribution is -2.27. The van der Waals surface area contributed by atoms with Crippen molar-refractivity contribution in [3.63, 3.8) is 0 Å². The standard InChI is InChI=1S/C21H27N3OS.ClH/c1-4-23(5-2)15-16-24-20-10-8-7-9-19(20)22-21(24)26-18-13-11-17(12-14-18)25-6-3;/h7-14H,4-6,15-16H2,1-3H3;1H. The van der Waals surface area contributed by atoms with Crippen molar-refractivity contribution in [2.75, 3.05) is 26.2 Å². The van der Waals surface area contributed by atoms with Gasteiger partial charge in [0.25, 0.3) is 0 Å². The van der Waals surface area contributed by atoms with Gasteiger partial charge in [0.15, 0.2) is 5.16 Å². The summed E-state index contributed by atoms with van der Waals surface area (Å²) in [7, 11) is 0. The molecule has 6 heteroatoms. The van der Waals surface area contributed by atoms with E-state index in [-0.39, 0.29) is 12.4 Å². The quantitative estimate of drug-likeness (QED) is 0.480. The number of likely N-dealkylation sites (N-methyl/N-ethyl adjacent to an activating group) is 1. The predicted octanol–water partition coefficient (Wildman–Crippen LogP) is 5.35. The van der Waals surface area contributed by atoms with Crippen LogP contribution in [0.25, 0.3) is 11.0 Å². The van der Waals surface area contributed by atoms with Crippen molar-refractivity contribution >= 4 is 35.2 Å². The van der Waals surface area contributed by atoms with Crippen molar-refractivity contribution in [1.29, 1.82) is 0 Å². The molecular formula is C21H28ClN3OS. The molecule has 1 aromatic heterocycles. The molecule has 0 aliphatic carbocycles. The van der Waals surface area contributed by atoms with Gasteiger partial charge in [-0.15, -0.1) is 12.4 Å². The SMILES string of the molecule is CCOc1ccc(Sc2nc3ccccc3n2CCN(CC)CC)cc1.Cl. The van der Waals surface area contributed by atoms with Crippen LogP contribution >= 0.6 is 24.2 Å². The van der Waals surface area contributed by atoms with E-state index in [2.05, 4.69) is 59.7 Å². The van der Waals surface area contributed by atoms with Gasteiger partial charge in [0.1, 0.15) is 5.75 Å². The van der Waals surface area contributed by atoms with E-state index in [4.69, 9.17) is 9.72 Å². The lowest BCUT2D eigenvalue weighted by molar-refractivity contribution is 0.288. The van der Waals surface area contributed by atoms with Crippen molar-refractivity contribution in [3.05, 3.63) is 48.5 Å². The second kappa shape index (κ2) is 10.6. The van der Waals surface area contributed by atoms with Gasteiger partial charge >= 0.3 is 0 Å². The highest BCUT2D eigenvalue weighted by Crippen LogP contribution is 2.31. The molecule has 1 heterocycles. The minimum atomic E-state index is 0. The maximum atomic E-state index is 5.54. The zero-order valence-corrected chi connectivity index (χ0v) is 17.9. The molecular weight excluding hydrogens is 378 g/mol. The molecule has 0 radical (unpaired) electrons. The molecule has 0 spiro atoms. The van der Waals surface area contributed by atoms with Crippen molar-refractivity contribution in [2.24, 2.45) is 0 Å². The first kappa shape index (κ1) is 21.6. The van der Waals surface area contributed by atoms with E-state index in [0.29, 0.717) is 6.61 Å². The first-order valence-electron chi connectivity index (χ1n) is 9.33. The first-order chi connectivity index (χ1) is 12.7. The summed E-state index contributed by atoms with van der Waals surface area (Å²) in [5.74, 6) is 0.909. The second-order valence-corrected chi connectivity index (χ2v) is 7.11. The minimum absolute atomic E-state index is 0. The molecule has 0 N–H and O–H groups in total. The Hall–Kier alpha value is -1.69. The van der Waals surface area contributed by atoms with Crippen LogP contribution in [0.5, 0.6) is 5.75 Å². The van der Waals surface area contributed by atoms with Gasteiger partial charge in [-0.05, 0) is 56.4 Å². The molecule has 2 aromatic carbocycles. The summed E-state index contributed by atoms with van der Waals surface area (Å²) < 4.78 is 7.88. The predicted molar refractivity (Wildman–Crippen MR) is 117 cm³/mol. The van der Waals surface area contributed by atoms with Crippen molar-refractivity contribution in [2.45, 2.75) is 37.4 Å². The molecule has 0 fully saturated rings. The van der Waals surface area contributed by atoms with Crippen LogP contribution in [0.15, 0.2) is 58.6 Å². The lowest BCUT2D eigenvalue weighted by atomic mass is 10.3. The summed E-state index contributed by atoms with van der Waals surface area (Å²) in [5.41, 5.74) is 2.26. The molecule has 0 aliphatic rings. The Balaban J connectivity index is 0.00000261. The fourth-order valence-corrected chi connectivity index (χ4v) is 3.93. The second-order valence-electron chi connectivity index (χ2n) is 6.07. The van der Waals surface area contributed by atoms with E-state index in [1.54, 1.807) is 11.8 Å². The van der Waals surface area contributed by atoms with Crippen LogP contribution in [-0.4, -0.2) is 40.7 Å². The third-order valence-corrected chi connectivity index (χ3v) is 5.50. The summed E-state index contributed by atoms with van der Waals surface area (Å²) >= 11 is 1.71. The Morgan fingerprint density at radius 1 is 1.00 bits per heavy atom. The number of hydrogen-bond donors (Lipinski definition) is 0. The first-order valence-corrected chi connectivity index (χ1v) is 10.1. The number of rotatable bonds is 9. The number of nitrogens with zero attached hydrogens (tertiary/aromatic N) is 3. The average molecular weight is 406 g/mol. The van der Waals surface area contributed by atoms with E-state index in [1.807, 2.05) is 19.1 Å².